The van der Waals surface area contributed by atoms with E-state index in [0.717, 1.165) is 51.8 Å². The summed E-state index contributed by atoms with van der Waals surface area (Å²) in [6.45, 7) is 0. The molecule has 2 aliphatic rings. The van der Waals surface area contributed by atoms with Gasteiger partial charge in [0, 0.05) is 0 Å². The highest BCUT2D eigenvalue weighted by molar-refractivity contribution is 8.06. The Balaban J connectivity index is 1.39. The highest BCUT2D eigenvalue weighted by atomic mass is 32.2. The first-order valence-electron chi connectivity index (χ1n) is 10.6. The molecule has 6 rings (SSSR count). The molecule has 0 aliphatic carbocycles. The van der Waals surface area contributed by atoms with Crippen molar-refractivity contribution in [1.82, 2.24) is 0 Å². The van der Waals surface area contributed by atoms with Crippen molar-refractivity contribution in [3.63, 3.8) is 0 Å². The average Bonchev–Trinajstić information content (AvgIpc) is 3.68. The quantitative estimate of drug-likeness (QED) is 0.205. The molecule has 4 aromatic heterocycles. The van der Waals surface area contributed by atoms with E-state index in [9.17, 15) is 0 Å². The van der Waals surface area contributed by atoms with Gasteiger partial charge in [0.2, 0.25) is 0 Å². The largest absolute Gasteiger partial charge is 0.439 e. The molecule has 0 unspecified atom stereocenters. The number of hydrogen-bond donors (Lipinski definition) is 0. The molecule has 10 heteroatoms. The third-order valence-corrected chi connectivity index (χ3v) is 9.20. The van der Waals surface area contributed by atoms with Crippen LogP contribution in [0, 0.1) is 0 Å². The van der Waals surface area contributed by atoms with Gasteiger partial charge in [-0.05, 0) is 129 Å². The minimum absolute atomic E-state index is 0.732. The van der Waals surface area contributed by atoms with Gasteiger partial charge >= 0.3 is 0 Å². The second-order valence-electron chi connectivity index (χ2n) is 7.10. The Kier molecular flexibility index (Phi) is 7.40. The molecule has 0 fully saturated rings. The first-order chi connectivity index (χ1) is 17.8. The van der Waals surface area contributed by atoms with E-state index in [1.165, 1.54) is 23.5 Å². The zero-order valence-corrected chi connectivity index (χ0v) is 23.2. The zero-order chi connectivity index (χ0) is 24.2. The smallest absolute Gasteiger partial charge is 0.181 e. The molecule has 0 amide bonds. The molecule has 4 nitrogen and oxygen atoms in total. The van der Waals surface area contributed by atoms with Crippen LogP contribution in [0.15, 0.2) is 126 Å². The van der Waals surface area contributed by atoms with Crippen LogP contribution in [0.4, 0.5) is 0 Å². The van der Waals surface area contributed by atoms with Gasteiger partial charge in [0.05, 0.1) is 0 Å². The summed E-state index contributed by atoms with van der Waals surface area (Å²) in [4.78, 5) is 0. The lowest BCUT2D eigenvalue weighted by atomic mass is 10.1. The lowest BCUT2D eigenvalue weighted by Crippen LogP contribution is -2.05. The van der Waals surface area contributed by atoms with Crippen molar-refractivity contribution in [3.05, 3.63) is 126 Å². The van der Waals surface area contributed by atoms with Gasteiger partial charge in [-0.25, -0.2) is 0 Å². The molecule has 36 heavy (non-hydrogen) atoms. The molecular weight excluding hydrogens is 569 g/mol. The van der Waals surface area contributed by atoms with Crippen LogP contribution in [-0.4, -0.2) is 0 Å². The maximum absolute atomic E-state index is 6.18. The lowest BCUT2D eigenvalue weighted by Gasteiger charge is -2.20. The number of thiophene rings is 4. The van der Waals surface area contributed by atoms with E-state index in [1.807, 2.05) is 94.4 Å². The molecule has 0 saturated heterocycles. The van der Waals surface area contributed by atoms with Crippen LogP contribution in [0.25, 0.3) is 0 Å². The summed E-state index contributed by atoms with van der Waals surface area (Å²) >= 11 is 9.11. The van der Waals surface area contributed by atoms with Crippen LogP contribution in [-0.2, 0) is 0 Å². The van der Waals surface area contributed by atoms with E-state index in [-0.39, 0.29) is 0 Å². The van der Waals surface area contributed by atoms with Gasteiger partial charge in [0.15, 0.2) is 40.6 Å². The van der Waals surface area contributed by atoms with Gasteiger partial charge < -0.3 is 18.9 Å². The van der Waals surface area contributed by atoms with E-state index in [4.69, 9.17) is 18.9 Å². The maximum atomic E-state index is 6.18. The maximum Gasteiger partial charge on any atom is 0.181 e. The summed E-state index contributed by atoms with van der Waals surface area (Å²) in [6.07, 6.45) is 8.09. The molecule has 2 aliphatic heterocycles. The van der Waals surface area contributed by atoms with Gasteiger partial charge in [-0.2, -0.15) is 0 Å². The SMILES string of the molecule is C1=C(Oc2cccs2)SC(Oc2cccs2)=CC1=C1C=C(Oc2cccs2)SC(Oc2cccs2)=C1. The molecule has 180 valence electrons. The van der Waals surface area contributed by atoms with Crippen LogP contribution in [0.1, 0.15) is 0 Å². The third-order valence-electron chi connectivity index (χ3n) is 4.61. The van der Waals surface area contributed by atoms with Gasteiger partial charge in [0.25, 0.3) is 0 Å². The van der Waals surface area contributed by atoms with Crippen LogP contribution in [0.5, 0.6) is 20.3 Å². The number of ether oxygens (including phenoxy) is 4. The van der Waals surface area contributed by atoms with Gasteiger partial charge in [-0.3, -0.25) is 0 Å². The second-order valence-corrected chi connectivity index (χ2v) is 12.8. The monoisotopic (exact) mass is 584 g/mol. The molecule has 0 bridgehead atoms. The Morgan fingerprint density at radius 3 is 0.889 bits per heavy atom. The second kappa shape index (κ2) is 11.2. The summed E-state index contributed by atoms with van der Waals surface area (Å²) in [6, 6.07) is 15.7. The molecule has 0 spiro atoms. The summed E-state index contributed by atoms with van der Waals surface area (Å²) in [5, 5.41) is 14.2. The van der Waals surface area contributed by atoms with Crippen LogP contribution < -0.4 is 18.9 Å². The predicted octanol–water partition coefficient (Wildman–Crippen LogP) is 9.70. The number of hydrogen-bond acceptors (Lipinski definition) is 10. The number of allylic oxidation sites excluding steroid dienone is 6. The highest BCUT2D eigenvalue weighted by Crippen LogP contribution is 2.42. The van der Waals surface area contributed by atoms with E-state index in [0.29, 0.717) is 0 Å². The van der Waals surface area contributed by atoms with Gasteiger partial charge in [0.1, 0.15) is 0 Å². The van der Waals surface area contributed by atoms with Gasteiger partial charge in [-0.1, -0.05) is 0 Å². The van der Waals surface area contributed by atoms with E-state index >= 15 is 0 Å². The fourth-order valence-corrected chi connectivity index (χ4v) is 7.35. The van der Waals surface area contributed by atoms with Crippen molar-refractivity contribution in [2.45, 2.75) is 0 Å². The zero-order valence-electron chi connectivity index (χ0n) is 18.3. The minimum Gasteiger partial charge on any atom is -0.439 e. The Bertz CT molecular complexity index is 1230. The predicted molar refractivity (Wildman–Crippen MR) is 154 cm³/mol. The van der Waals surface area contributed by atoms with Crippen molar-refractivity contribution in [2.24, 2.45) is 0 Å². The van der Waals surface area contributed by atoms with Crippen molar-refractivity contribution < 1.29 is 18.9 Å². The standard InChI is InChI=1S/C26H16O4S6/c1-5-19(31-9-1)27-23-13-17(14-24(35-23)28-20-6-2-10-32-20)18-15-25(29-21-7-3-11-33-21)36-26(16-18)30-22-8-4-12-34-22/h1-16H. The normalized spacial score (nSPS) is 15.6. The lowest BCUT2D eigenvalue weighted by molar-refractivity contribution is 0.460. The Hall–Kier alpha value is -2.60. The number of rotatable bonds is 8. The van der Waals surface area contributed by atoms with Crippen molar-refractivity contribution in [1.29, 1.82) is 0 Å². The highest BCUT2D eigenvalue weighted by Gasteiger charge is 2.22. The minimum atomic E-state index is 0.732. The molecule has 0 N–H and O–H groups in total. The summed E-state index contributed by atoms with van der Waals surface area (Å²) < 4.78 is 24.7. The molecule has 6 heterocycles. The Morgan fingerprint density at radius 1 is 0.389 bits per heavy atom. The first-order valence-corrected chi connectivity index (χ1v) is 15.7. The molecule has 0 aromatic carbocycles. The topological polar surface area (TPSA) is 36.9 Å². The number of thioether (sulfide) groups is 2. The van der Waals surface area contributed by atoms with Crippen molar-refractivity contribution in [3.8, 4) is 20.3 Å². The summed E-state index contributed by atoms with van der Waals surface area (Å²) in [7, 11) is 0. The third kappa shape index (κ3) is 6.03. The Labute approximate surface area is 232 Å². The molecule has 0 saturated carbocycles. The fourth-order valence-electron chi connectivity index (χ4n) is 3.12. The van der Waals surface area contributed by atoms with Crippen LogP contribution in [0.2, 0.25) is 0 Å². The average molecular weight is 585 g/mol. The summed E-state index contributed by atoms with van der Waals surface area (Å²) in [5.41, 5.74) is 1.87. The van der Waals surface area contributed by atoms with Crippen LogP contribution in [0.3, 0.4) is 0 Å². The van der Waals surface area contributed by atoms with E-state index < -0.39 is 0 Å². The molecule has 4 aromatic rings. The molecular formula is C26H16O4S6. The fraction of sp³-hybridized carbons (Fsp3) is 0. The van der Waals surface area contributed by atoms with E-state index in [2.05, 4.69) is 0 Å². The van der Waals surface area contributed by atoms with Crippen molar-refractivity contribution in [2.75, 3.05) is 0 Å². The first kappa shape index (κ1) is 23.8. The van der Waals surface area contributed by atoms with Crippen LogP contribution >= 0.6 is 68.9 Å². The van der Waals surface area contributed by atoms with E-state index in [1.54, 1.807) is 45.3 Å². The summed E-state index contributed by atoms with van der Waals surface area (Å²) in [5.74, 6) is 0. The molecule has 0 atom stereocenters. The van der Waals surface area contributed by atoms with Crippen molar-refractivity contribution >= 4 is 68.9 Å². The molecule has 0 radical (unpaired) electrons. The van der Waals surface area contributed by atoms with Gasteiger partial charge in [-0.15, -0.1) is 45.3 Å². The Morgan fingerprint density at radius 2 is 0.667 bits per heavy atom.